The second-order valence-electron chi connectivity index (χ2n) is 2.46. The van der Waals surface area contributed by atoms with Crippen LogP contribution >= 0.6 is 0 Å². The van der Waals surface area contributed by atoms with Gasteiger partial charge in [0.2, 0.25) is 0 Å². The van der Waals surface area contributed by atoms with Crippen molar-refractivity contribution in [2.75, 3.05) is 0 Å². The molecule has 0 bridgehead atoms. The topological polar surface area (TPSA) is 74.6 Å². The Bertz CT molecular complexity index is 241. The average molecular weight is 170 g/mol. The molecule has 12 heavy (non-hydrogen) atoms. The molecule has 0 aliphatic heterocycles. The van der Waals surface area contributed by atoms with Gasteiger partial charge in [-0.2, -0.15) is 0 Å². The Balaban J connectivity index is 4.67. The lowest BCUT2D eigenvalue weighted by atomic mass is 9.91. The summed E-state index contributed by atoms with van der Waals surface area (Å²) in [6.45, 7) is 4.67. The van der Waals surface area contributed by atoms with Gasteiger partial charge in [0.1, 0.15) is 5.41 Å². The maximum Gasteiger partial charge on any atom is 0.328 e. The lowest BCUT2D eigenvalue weighted by molar-refractivity contribution is -0.142. The number of rotatable bonds is 4. The number of hydrogen-bond acceptors (Lipinski definition) is 2. The van der Waals surface area contributed by atoms with Gasteiger partial charge in [0.25, 0.3) is 0 Å². The van der Waals surface area contributed by atoms with Gasteiger partial charge in [0, 0.05) is 6.08 Å². The first kappa shape index (κ1) is 10.4. The van der Waals surface area contributed by atoms with Crippen molar-refractivity contribution in [3.05, 3.63) is 24.8 Å². The summed E-state index contributed by atoms with van der Waals surface area (Å²) in [4.78, 5) is 20.6. The molecule has 0 radical (unpaired) electrons. The Kier molecular flexibility index (Phi) is 3.22. The van der Waals surface area contributed by atoms with E-state index < -0.39 is 17.4 Å². The highest BCUT2D eigenvalue weighted by atomic mass is 16.4. The molecule has 0 rings (SSSR count). The minimum atomic E-state index is -1.31. The van der Waals surface area contributed by atoms with Crippen molar-refractivity contribution in [1.29, 1.82) is 0 Å². The van der Waals surface area contributed by atoms with Crippen molar-refractivity contribution in [3.63, 3.8) is 0 Å². The molecule has 0 aliphatic rings. The molecule has 0 aromatic carbocycles. The molecule has 0 aromatic heterocycles. The first-order valence-electron chi connectivity index (χ1n) is 3.21. The predicted octanol–water partition coefficient (Wildman–Crippen LogP) is 0.904. The van der Waals surface area contributed by atoms with Crippen LogP contribution in [0.1, 0.15) is 6.92 Å². The minimum absolute atomic E-state index is 0.788. The number of carboxylic acids is 2. The third kappa shape index (κ3) is 2.57. The van der Waals surface area contributed by atoms with E-state index in [4.69, 9.17) is 10.2 Å². The first-order valence-corrected chi connectivity index (χ1v) is 3.21. The van der Waals surface area contributed by atoms with Gasteiger partial charge in [0.05, 0.1) is 0 Å². The van der Waals surface area contributed by atoms with Gasteiger partial charge >= 0.3 is 11.9 Å². The molecule has 4 nitrogen and oxygen atoms in total. The molecule has 1 atom stereocenters. The number of carbonyl (C=O) groups is 2. The SMILES string of the molecule is C=CC(C)(C=CC(=O)O)C(=O)O. The standard InChI is InChI=1S/C8H10O4/c1-3-8(2,7(11)12)5-4-6(9)10/h3-5H,1H2,2H3,(H,9,10)(H,11,12). The molecular weight excluding hydrogens is 160 g/mol. The first-order chi connectivity index (χ1) is 5.42. The third-order valence-electron chi connectivity index (χ3n) is 1.46. The molecule has 2 N–H and O–H groups in total. The summed E-state index contributed by atoms with van der Waals surface area (Å²) in [7, 11) is 0. The van der Waals surface area contributed by atoms with E-state index in [0.717, 1.165) is 12.2 Å². The number of carboxylic acid groups (broad SMARTS) is 2. The normalized spacial score (nSPS) is 15.4. The monoisotopic (exact) mass is 170 g/mol. The van der Waals surface area contributed by atoms with Crippen LogP contribution in [0.5, 0.6) is 0 Å². The zero-order chi connectivity index (χ0) is 9.78. The van der Waals surface area contributed by atoms with Crippen LogP contribution in [0.3, 0.4) is 0 Å². The number of aliphatic carboxylic acids is 2. The van der Waals surface area contributed by atoms with Crippen molar-refractivity contribution >= 4 is 11.9 Å². The predicted molar refractivity (Wildman–Crippen MR) is 42.7 cm³/mol. The fourth-order valence-corrected chi connectivity index (χ4v) is 0.471. The van der Waals surface area contributed by atoms with Gasteiger partial charge in [-0.1, -0.05) is 12.2 Å². The van der Waals surface area contributed by atoms with E-state index in [1.165, 1.54) is 13.0 Å². The van der Waals surface area contributed by atoms with Crippen LogP contribution in [0.2, 0.25) is 0 Å². The molecular formula is C8H10O4. The Morgan fingerprint density at radius 2 is 1.92 bits per heavy atom. The Hall–Kier alpha value is -1.58. The summed E-state index contributed by atoms with van der Waals surface area (Å²) in [5.74, 6) is -2.31. The van der Waals surface area contributed by atoms with E-state index in [-0.39, 0.29) is 0 Å². The molecule has 0 spiro atoms. The summed E-state index contributed by atoms with van der Waals surface area (Å²) in [5, 5.41) is 16.9. The van der Waals surface area contributed by atoms with Crippen molar-refractivity contribution in [2.24, 2.45) is 5.41 Å². The molecule has 0 saturated carbocycles. The van der Waals surface area contributed by atoms with Crippen LogP contribution in [0.25, 0.3) is 0 Å². The van der Waals surface area contributed by atoms with E-state index in [1.54, 1.807) is 0 Å². The van der Waals surface area contributed by atoms with Crippen LogP contribution in [0.15, 0.2) is 24.8 Å². The van der Waals surface area contributed by atoms with Gasteiger partial charge in [-0.15, -0.1) is 6.58 Å². The van der Waals surface area contributed by atoms with Gasteiger partial charge in [-0.3, -0.25) is 4.79 Å². The highest BCUT2D eigenvalue weighted by Gasteiger charge is 2.25. The Morgan fingerprint density at radius 3 is 2.17 bits per heavy atom. The summed E-state index contributed by atoms with van der Waals surface area (Å²) in [6.07, 6.45) is 3.04. The largest absolute Gasteiger partial charge is 0.480 e. The van der Waals surface area contributed by atoms with Crippen molar-refractivity contribution < 1.29 is 19.8 Å². The highest BCUT2D eigenvalue weighted by Crippen LogP contribution is 2.19. The van der Waals surface area contributed by atoms with Gasteiger partial charge in [-0.25, -0.2) is 4.79 Å². The van der Waals surface area contributed by atoms with E-state index in [1.807, 2.05) is 0 Å². The molecule has 0 fully saturated rings. The van der Waals surface area contributed by atoms with Crippen LogP contribution in [0.4, 0.5) is 0 Å². The Labute approximate surface area is 69.8 Å². The highest BCUT2D eigenvalue weighted by molar-refractivity contribution is 5.84. The van der Waals surface area contributed by atoms with E-state index in [2.05, 4.69) is 6.58 Å². The lowest BCUT2D eigenvalue weighted by Crippen LogP contribution is -2.22. The number of hydrogen-bond donors (Lipinski definition) is 2. The van der Waals surface area contributed by atoms with Gasteiger partial charge < -0.3 is 10.2 Å². The second-order valence-corrected chi connectivity index (χ2v) is 2.46. The summed E-state index contributed by atoms with van der Waals surface area (Å²) >= 11 is 0. The second kappa shape index (κ2) is 3.71. The maximum absolute atomic E-state index is 10.5. The van der Waals surface area contributed by atoms with Gasteiger partial charge in [-0.05, 0) is 6.92 Å². The zero-order valence-corrected chi connectivity index (χ0v) is 6.65. The lowest BCUT2D eigenvalue weighted by Gasteiger charge is -2.13. The van der Waals surface area contributed by atoms with Crippen molar-refractivity contribution in [1.82, 2.24) is 0 Å². The van der Waals surface area contributed by atoms with Crippen LogP contribution in [-0.2, 0) is 9.59 Å². The molecule has 0 aromatic rings. The van der Waals surface area contributed by atoms with E-state index in [0.29, 0.717) is 0 Å². The molecule has 66 valence electrons. The summed E-state index contributed by atoms with van der Waals surface area (Å²) in [6, 6.07) is 0. The van der Waals surface area contributed by atoms with Crippen LogP contribution in [0, 0.1) is 5.41 Å². The van der Waals surface area contributed by atoms with Crippen molar-refractivity contribution in [2.45, 2.75) is 6.92 Å². The van der Waals surface area contributed by atoms with Crippen LogP contribution in [-0.4, -0.2) is 22.2 Å². The quantitative estimate of drug-likeness (QED) is 0.485. The molecule has 0 aliphatic carbocycles. The summed E-state index contributed by atoms with van der Waals surface area (Å²) < 4.78 is 0. The Morgan fingerprint density at radius 1 is 1.42 bits per heavy atom. The molecule has 0 amide bonds. The van der Waals surface area contributed by atoms with E-state index >= 15 is 0 Å². The minimum Gasteiger partial charge on any atom is -0.480 e. The van der Waals surface area contributed by atoms with Gasteiger partial charge in [0.15, 0.2) is 0 Å². The fraction of sp³-hybridized carbons (Fsp3) is 0.250. The molecule has 4 heteroatoms. The zero-order valence-electron chi connectivity index (χ0n) is 6.65. The van der Waals surface area contributed by atoms with Crippen molar-refractivity contribution in [3.8, 4) is 0 Å². The maximum atomic E-state index is 10.5. The fourth-order valence-electron chi connectivity index (χ4n) is 0.471. The average Bonchev–Trinajstić information content (AvgIpc) is 1.99. The van der Waals surface area contributed by atoms with Crippen LogP contribution < -0.4 is 0 Å². The third-order valence-corrected chi connectivity index (χ3v) is 1.46. The molecule has 1 unspecified atom stereocenters. The smallest absolute Gasteiger partial charge is 0.328 e. The summed E-state index contributed by atoms with van der Waals surface area (Å²) in [5.41, 5.74) is -1.31. The molecule has 0 heterocycles. The molecule has 0 saturated heterocycles. The van der Waals surface area contributed by atoms with E-state index in [9.17, 15) is 9.59 Å².